The van der Waals surface area contributed by atoms with Gasteiger partial charge in [0.05, 0.1) is 16.1 Å². The largest absolute Gasteiger partial charge is 0.416 e. The fourth-order valence-electron chi connectivity index (χ4n) is 1.21. The van der Waals surface area contributed by atoms with E-state index < -0.39 is 18.3 Å². The van der Waals surface area contributed by atoms with Crippen LogP contribution in [-0.2, 0) is 0 Å². The SMILES string of the molecule is N[C@H](c1c(Cl)ccc(Cl)c1Cl)[C@@H](O)C(F)(F)F. The summed E-state index contributed by atoms with van der Waals surface area (Å²) in [5.74, 6) is 0. The van der Waals surface area contributed by atoms with Gasteiger partial charge >= 0.3 is 6.18 Å². The van der Waals surface area contributed by atoms with Gasteiger partial charge in [-0.3, -0.25) is 0 Å². The summed E-state index contributed by atoms with van der Waals surface area (Å²) < 4.78 is 36.9. The van der Waals surface area contributed by atoms with Crippen LogP contribution >= 0.6 is 34.8 Å². The summed E-state index contributed by atoms with van der Waals surface area (Å²) in [6, 6.07) is 0.782. The molecule has 0 aromatic heterocycles. The standard InChI is InChI=1S/C9H7Cl3F3NO/c10-3-1-2-4(11)6(12)5(3)7(16)8(17)9(13,14)15/h1-2,7-8,17H,16H2/t7-,8-/m1/s1. The molecular weight excluding hydrogens is 301 g/mol. The lowest BCUT2D eigenvalue weighted by molar-refractivity contribution is -0.210. The second-order valence-electron chi connectivity index (χ2n) is 3.27. The molecule has 1 rings (SSSR count). The van der Waals surface area contributed by atoms with Gasteiger partial charge in [-0.2, -0.15) is 13.2 Å². The molecule has 2 atom stereocenters. The third-order valence-corrected chi connectivity index (χ3v) is 3.24. The summed E-state index contributed by atoms with van der Waals surface area (Å²) in [7, 11) is 0. The normalized spacial score (nSPS) is 15.8. The average Bonchev–Trinajstić information content (AvgIpc) is 2.21. The average molecular weight is 309 g/mol. The first-order valence-corrected chi connectivity index (χ1v) is 5.43. The molecule has 2 nitrogen and oxygen atoms in total. The molecule has 0 heterocycles. The maximum atomic E-state index is 12.3. The second kappa shape index (κ2) is 5.20. The van der Waals surface area contributed by atoms with Gasteiger partial charge in [-0.05, 0) is 12.1 Å². The highest BCUT2D eigenvalue weighted by molar-refractivity contribution is 6.44. The highest BCUT2D eigenvalue weighted by Gasteiger charge is 2.43. The van der Waals surface area contributed by atoms with Crippen LogP contribution in [0.25, 0.3) is 0 Å². The molecule has 3 N–H and O–H groups in total. The van der Waals surface area contributed by atoms with E-state index in [4.69, 9.17) is 45.6 Å². The molecule has 0 saturated carbocycles. The van der Waals surface area contributed by atoms with E-state index in [9.17, 15) is 13.2 Å². The van der Waals surface area contributed by atoms with E-state index in [-0.39, 0.29) is 20.6 Å². The minimum atomic E-state index is -4.87. The van der Waals surface area contributed by atoms with Crippen molar-refractivity contribution in [2.75, 3.05) is 0 Å². The molecule has 0 aliphatic rings. The van der Waals surface area contributed by atoms with E-state index in [1.807, 2.05) is 0 Å². The van der Waals surface area contributed by atoms with Crippen molar-refractivity contribution in [1.29, 1.82) is 0 Å². The molecule has 1 aromatic rings. The Bertz CT molecular complexity index is 425. The molecule has 0 amide bonds. The summed E-state index contributed by atoms with van der Waals surface area (Å²) in [6.45, 7) is 0. The molecule has 1 aromatic carbocycles. The molecular formula is C9H7Cl3F3NO. The Morgan fingerprint density at radius 1 is 1.12 bits per heavy atom. The van der Waals surface area contributed by atoms with Gasteiger partial charge in [0, 0.05) is 10.6 Å². The third-order valence-electron chi connectivity index (χ3n) is 2.09. The van der Waals surface area contributed by atoms with Crippen molar-refractivity contribution in [1.82, 2.24) is 0 Å². The quantitative estimate of drug-likeness (QED) is 0.821. The number of rotatable bonds is 2. The molecule has 0 fully saturated rings. The zero-order valence-corrected chi connectivity index (χ0v) is 10.4. The molecule has 96 valence electrons. The summed E-state index contributed by atoms with van der Waals surface area (Å²) in [4.78, 5) is 0. The lowest BCUT2D eigenvalue weighted by Gasteiger charge is -2.23. The van der Waals surface area contributed by atoms with Crippen molar-refractivity contribution in [3.05, 3.63) is 32.8 Å². The zero-order valence-electron chi connectivity index (χ0n) is 8.10. The van der Waals surface area contributed by atoms with Crippen LogP contribution in [0.4, 0.5) is 13.2 Å². The molecule has 0 radical (unpaired) electrons. The van der Waals surface area contributed by atoms with Gasteiger partial charge in [0.25, 0.3) is 0 Å². The van der Waals surface area contributed by atoms with Crippen molar-refractivity contribution in [3.63, 3.8) is 0 Å². The van der Waals surface area contributed by atoms with Gasteiger partial charge in [-0.1, -0.05) is 34.8 Å². The first-order valence-electron chi connectivity index (χ1n) is 4.30. The Balaban J connectivity index is 3.21. The van der Waals surface area contributed by atoms with Gasteiger partial charge < -0.3 is 10.8 Å². The van der Waals surface area contributed by atoms with Crippen LogP contribution in [-0.4, -0.2) is 17.4 Å². The van der Waals surface area contributed by atoms with Crippen LogP contribution in [0.3, 0.4) is 0 Å². The van der Waals surface area contributed by atoms with Crippen LogP contribution < -0.4 is 5.73 Å². The van der Waals surface area contributed by atoms with E-state index in [0.29, 0.717) is 0 Å². The van der Waals surface area contributed by atoms with Crippen LogP contribution in [0, 0.1) is 0 Å². The number of nitrogens with two attached hydrogens (primary N) is 1. The number of benzene rings is 1. The fourth-order valence-corrected chi connectivity index (χ4v) is 2.00. The number of hydrogen-bond donors (Lipinski definition) is 2. The van der Waals surface area contributed by atoms with Crippen molar-refractivity contribution >= 4 is 34.8 Å². The fraction of sp³-hybridized carbons (Fsp3) is 0.333. The molecule has 0 bridgehead atoms. The van der Waals surface area contributed by atoms with Gasteiger partial charge in [-0.15, -0.1) is 0 Å². The van der Waals surface area contributed by atoms with Crippen LogP contribution in [0.15, 0.2) is 12.1 Å². The number of halogens is 6. The van der Waals surface area contributed by atoms with E-state index >= 15 is 0 Å². The van der Waals surface area contributed by atoms with E-state index in [2.05, 4.69) is 0 Å². The summed E-state index contributed by atoms with van der Waals surface area (Å²) in [5.41, 5.74) is 5.07. The Kier molecular flexibility index (Phi) is 4.54. The van der Waals surface area contributed by atoms with Crippen molar-refractivity contribution in [2.45, 2.75) is 18.3 Å². The number of aliphatic hydroxyl groups is 1. The van der Waals surface area contributed by atoms with E-state index in [1.54, 1.807) is 0 Å². The monoisotopic (exact) mass is 307 g/mol. The minimum Gasteiger partial charge on any atom is -0.382 e. The van der Waals surface area contributed by atoms with Crippen molar-refractivity contribution < 1.29 is 18.3 Å². The Hall–Kier alpha value is -0.200. The Labute approximate surface area is 110 Å². The number of hydrogen-bond acceptors (Lipinski definition) is 2. The molecule has 0 aliphatic carbocycles. The first kappa shape index (κ1) is 14.9. The minimum absolute atomic E-state index is 0.0101. The van der Waals surface area contributed by atoms with Gasteiger partial charge in [0.15, 0.2) is 6.10 Å². The Morgan fingerprint density at radius 2 is 1.59 bits per heavy atom. The van der Waals surface area contributed by atoms with E-state index in [1.165, 1.54) is 12.1 Å². The van der Waals surface area contributed by atoms with Gasteiger partial charge in [0.2, 0.25) is 0 Å². The predicted octanol–water partition coefficient (Wildman–Crippen LogP) is 3.57. The molecule has 0 aliphatic heterocycles. The Morgan fingerprint density at radius 3 is 2.06 bits per heavy atom. The smallest absolute Gasteiger partial charge is 0.382 e. The second-order valence-corrected chi connectivity index (χ2v) is 4.46. The molecule has 0 unspecified atom stereocenters. The first-order chi connectivity index (χ1) is 7.66. The van der Waals surface area contributed by atoms with Crippen molar-refractivity contribution in [3.8, 4) is 0 Å². The highest BCUT2D eigenvalue weighted by atomic mass is 35.5. The van der Waals surface area contributed by atoms with Crippen molar-refractivity contribution in [2.24, 2.45) is 5.73 Å². The summed E-state index contributed by atoms with van der Waals surface area (Å²) in [6.07, 6.45) is -7.63. The van der Waals surface area contributed by atoms with Gasteiger partial charge in [-0.25, -0.2) is 0 Å². The van der Waals surface area contributed by atoms with Gasteiger partial charge in [0.1, 0.15) is 0 Å². The number of alkyl halides is 3. The third kappa shape index (κ3) is 3.17. The number of aliphatic hydroxyl groups excluding tert-OH is 1. The van der Waals surface area contributed by atoms with Crippen LogP contribution in [0.1, 0.15) is 11.6 Å². The van der Waals surface area contributed by atoms with Crippen LogP contribution in [0.5, 0.6) is 0 Å². The summed E-state index contributed by atoms with van der Waals surface area (Å²) >= 11 is 17.0. The summed E-state index contributed by atoms with van der Waals surface area (Å²) in [5, 5.41) is 8.76. The lowest BCUT2D eigenvalue weighted by atomic mass is 10.0. The molecule has 0 saturated heterocycles. The maximum absolute atomic E-state index is 12.3. The predicted molar refractivity (Wildman–Crippen MR) is 60.5 cm³/mol. The maximum Gasteiger partial charge on any atom is 0.416 e. The van der Waals surface area contributed by atoms with E-state index in [0.717, 1.165) is 0 Å². The molecule has 17 heavy (non-hydrogen) atoms. The highest BCUT2D eigenvalue weighted by Crippen LogP contribution is 2.38. The van der Waals surface area contributed by atoms with Crippen LogP contribution in [0.2, 0.25) is 15.1 Å². The molecule has 8 heteroatoms. The topological polar surface area (TPSA) is 46.2 Å². The lowest BCUT2D eigenvalue weighted by Crippen LogP contribution is -2.39. The molecule has 0 spiro atoms. The zero-order chi connectivity index (χ0) is 13.4.